The van der Waals surface area contributed by atoms with Crippen molar-refractivity contribution < 1.29 is 14.3 Å². The van der Waals surface area contributed by atoms with Crippen LogP contribution >= 0.6 is 11.3 Å². The minimum absolute atomic E-state index is 0.0278. The van der Waals surface area contributed by atoms with Gasteiger partial charge in [-0.25, -0.2) is 9.78 Å². The van der Waals surface area contributed by atoms with Crippen molar-refractivity contribution in [3.63, 3.8) is 0 Å². The highest BCUT2D eigenvalue weighted by Crippen LogP contribution is 2.20. The lowest BCUT2D eigenvalue weighted by Crippen LogP contribution is -1.92. The SMILES string of the molecule is Cc1nc(Cc2ccc(C(=O)O)o2)sc1C. The Kier molecular flexibility index (Phi) is 2.78. The van der Waals surface area contributed by atoms with E-state index in [1.165, 1.54) is 10.9 Å². The van der Waals surface area contributed by atoms with E-state index < -0.39 is 5.97 Å². The fraction of sp³-hybridized carbons (Fsp3) is 0.273. The molecule has 0 spiro atoms. The van der Waals surface area contributed by atoms with Gasteiger partial charge >= 0.3 is 5.97 Å². The molecule has 0 aliphatic carbocycles. The molecule has 0 aliphatic heterocycles. The van der Waals surface area contributed by atoms with Crippen LogP contribution in [0.5, 0.6) is 0 Å². The van der Waals surface area contributed by atoms with Crippen molar-refractivity contribution in [2.75, 3.05) is 0 Å². The van der Waals surface area contributed by atoms with Crippen LogP contribution < -0.4 is 0 Å². The smallest absolute Gasteiger partial charge is 0.371 e. The summed E-state index contributed by atoms with van der Waals surface area (Å²) in [4.78, 5) is 16.2. The Morgan fingerprint density at radius 1 is 1.50 bits per heavy atom. The third-order valence-corrected chi connectivity index (χ3v) is 3.34. The van der Waals surface area contributed by atoms with Gasteiger partial charge in [-0.3, -0.25) is 0 Å². The Labute approximate surface area is 96.6 Å². The molecule has 0 radical (unpaired) electrons. The molecule has 0 unspecified atom stereocenters. The first kappa shape index (κ1) is 10.9. The molecule has 16 heavy (non-hydrogen) atoms. The average molecular weight is 237 g/mol. The van der Waals surface area contributed by atoms with Gasteiger partial charge in [0.25, 0.3) is 0 Å². The minimum Gasteiger partial charge on any atom is -0.475 e. The molecule has 2 aromatic rings. The number of nitrogens with zero attached hydrogens (tertiary/aromatic N) is 1. The van der Waals surface area contributed by atoms with Crippen LogP contribution in [0.25, 0.3) is 0 Å². The molecule has 1 N–H and O–H groups in total. The average Bonchev–Trinajstić information content (AvgIpc) is 2.76. The summed E-state index contributed by atoms with van der Waals surface area (Å²) in [6.07, 6.45) is 0.548. The minimum atomic E-state index is -1.04. The van der Waals surface area contributed by atoms with Gasteiger partial charge in [0, 0.05) is 4.88 Å². The molecule has 4 nitrogen and oxygen atoms in total. The zero-order valence-corrected chi connectivity index (χ0v) is 9.80. The maximum absolute atomic E-state index is 10.6. The predicted octanol–water partition coefficient (Wildman–Crippen LogP) is 2.64. The first-order valence-corrected chi connectivity index (χ1v) is 5.63. The maximum Gasteiger partial charge on any atom is 0.371 e. The summed E-state index contributed by atoms with van der Waals surface area (Å²) < 4.78 is 5.17. The Morgan fingerprint density at radius 2 is 2.25 bits per heavy atom. The largest absolute Gasteiger partial charge is 0.475 e. The van der Waals surface area contributed by atoms with E-state index in [4.69, 9.17) is 9.52 Å². The van der Waals surface area contributed by atoms with Gasteiger partial charge in [0.05, 0.1) is 12.1 Å². The van der Waals surface area contributed by atoms with Crippen molar-refractivity contribution in [2.45, 2.75) is 20.3 Å². The van der Waals surface area contributed by atoms with Crippen LogP contribution in [-0.4, -0.2) is 16.1 Å². The van der Waals surface area contributed by atoms with Crippen molar-refractivity contribution in [2.24, 2.45) is 0 Å². The van der Waals surface area contributed by atoms with Crippen molar-refractivity contribution in [1.82, 2.24) is 4.98 Å². The highest BCUT2D eigenvalue weighted by Gasteiger charge is 2.11. The van der Waals surface area contributed by atoms with Crippen molar-refractivity contribution >= 4 is 17.3 Å². The number of aryl methyl sites for hydroxylation is 2. The molecule has 2 rings (SSSR count). The van der Waals surface area contributed by atoms with Crippen LogP contribution in [0.3, 0.4) is 0 Å². The Balaban J connectivity index is 2.17. The molecule has 0 bridgehead atoms. The Morgan fingerprint density at radius 3 is 2.75 bits per heavy atom. The Hall–Kier alpha value is -1.62. The monoisotopic (exact) mass is 237 g/mol. The van der Waals surface area contributed by atoms with E-state index in [2.05, 4.69) is 4.98 Å². The van der Waals surface area contributed by atoms with E-state index in [-0.39, 0.29) is 5.76 Å². The number of aromatic nitrogens is 1. The molecule has 0 aliphatic rings. The van der Waals surface area contributed by atoms with Crippen LogP contribution in [0, 0.1) is 13.8 Å². The van der Waals surface area contributed by atoms with Crippen LogP contribution in [-0.2, 0) is 6.42 Å². The molecule has 2 aromatic heterocycles. The van der Waals surface area contributed by atoms with Crippen molar-refractivity contribution in [3.8, 4) is 0 Å². The summed E-state index contributed by atoms with van der Waals surface area (Å²) in [6.45, 7) is 3.97. The second-order valence-corrected chi connectivity index (χ2v) is 4.78. The lowest BCUT2D eigenvalue weighted by molar-refractivity contribution is 0.0660. The van der Waals surface area contributed by atoms with Gasteiger partial charge in [0.2, 0.25) is 5.76 Å². The van der Waals surface area contributed by atoms with E-state index in [0.29, 0.717) is 12.2 Å². The molecule has 5 heteroatoms. The number of thiazole rings is 1. The van der Waals surface area contributed by atoms with Crippen LogP contribution in [0.15, 0.2) is 16.5 Å². The zero-order chi connectivity index (χ0) is 11.7. The van der Waals surface area contributed by atoms with Crippen LogP contribution in [0.4, 0.5) is 0 Å². The summed E-state index contributed by atoms with van der Waals surface area (Å²) in [5, 5.41) is 9.65. The number of carboxylic acid groups (broad SMARTS) is 1. The quantitative estimate of drug-likeness (QED) is 0.891. The molecule has 0 atom stereocenters. The van der Waals surface area contributed by atoms with E-state index in [1.807, 2.05) is 13.8 Å². The summed E-state index contributed by atoms with van der Waals surface area (Å²) >= 11 is 1.61. The number of hydrogen-bond acceptors (Lipinski definition) is 4. The molecule has 0 amide bonds. The predicted molar refractivity (Wildman–Crippen MR) is 60.1 cm³/mol. The van der Waals surface area contributed by atoms with Gasteiger partial charge in [-0.05, 0) is 26.0 Å². The molecular weight excluding hydrogens is 226 g/mol. The Bertz CT molecular complexity index is 508. The first-order valence-electron chi connectivity index (χ1n) is 4.81. The summed E-state index contributed by atoms with van der Waals surface area (Å²) in [7, 11) is 0. The zero-order valence-electron chi connectivity index (χ0n) is 8.98. The topological polar surface area (TPSA) is 63.3 Å². The molecule has 0 fully saturated rings. The van der Waals surface area contributed by atoms with Gasteiger partial charge in [0.1, 0.15) is 10.8 Å². The number of furan rings is 1. The van der Waals surface area contributed by atoms with Gasteiger partial charge in [-0.1, -0.05) is 0 Å². The molecule has 0 saturated carbocycles. The van der Waals surface area contributed by atoms with Gasteiger partial charge in [0.15, 0.2) is 0 Å². The number of carboxylic acids is 1. The molecule has 0 saturated heterocycles. The third kappa shape index (κ3) is 2.14. The standard InChI is InChI=1S/C11H11NO3S/c1-6-7(2)16-10(12-6)5-8-3-4-9(15-8)11(13)14/h3-4H,5H2,1-2H3,(H,13,14). The number of aromatic carboxylic acids is 1. The maximum atomic E-state index is 10.6. The second-order valence-electron chi connectivity index (χ2n) is 3.50. The van der Waals surface area contributed by atoms with Crippen molar-refractivity contribution in [1.29, 1.82) is 0 Å². The highest BCUT2D eigenvalue weighted by molar-refractivity contribution is 7.11. The van der Waals surface area contributed by atoms with Crippen LogP contribution in [0.2, 0.25) is 0 Å². The van der Waals surface area contributed by atoms with Gasteiger partial charge in [-0.15, -0.1) is 11.3 Å². The second kappa shape index (κ2) is 4.09. The molecule has 2 heterocycles. The molecular formula is C11H11NO3S. The van der Waals surface area contributed by atoms with Gasteiger partial charge < -0.3 is 9.52 Å². The normalized spacial score (nSPS) is 10.6. The highest BCUT2D eigenvalue weighted by atomic mass is 32.1. The van der Waals surface area contributed by atoms with Crippen LogP contribution in [0.1, 0.15) is 31.9 Å². The van der Waals surface area contributed by atoms with Gasteiger partial charge in [-0.2, -0.15) is 0 Å². The van der Waals surface area contributed by atoms with E-state index >= 15 is 0 Å². The van der Waals surface area contributed by atoms with E-state index in [9.17, 15) is 4.79 Å². The van der Waals surface area contributed by atoms with E-state index in [1.54, 1.807) is 17.4 Å². The summed E-state index contributed by atoms with van der Waals surface area (Å²) in [6, 6.07) is 3.14. The number of rotatable bonds is 3. The molecule has 84 valence electrons. The lowest BCUT2D eigenvalue weighted by Gasteiger charge is -1.91. The van der Waals surface area contributed by atoms with E-state index in [0.717, 1.165) is 10.7 Å². The third-order valence-electron chi connectivity index (χ3n) is 2.27. The van der Waals surface area contributed by atoms with Crippen molar-refractivity contribution in [3.05, 3.63) is 39.2 Å². The lowest BCUT2D eigenvalue weighted by atomic mass is 10.3. The fourth-order valence-electron chi connectivity index (χ4n) is 1.35. The number of hydrogen-bond donors (Lipinski definition) is 1. The number of carbonyl (C=O) groups is 1. The fourth-order valence-corrected chi connectivity index (χ4v) is 2.30. The summed E-state index contributed by atoms with van der Waals surface area (Å²) in [5.41, 5.74) is 1.02. The molecule has 0 aromatic carbocycles. The first-order chi connectivity index (χ1) is 7.56. The summed E-state index contributed by atoms with van der Waals surface area (Å²) in [5.74, 6) is -0.441.